The fourth-order valence-corrected chi connectivity index (χ4v) is 11.6. The van der Waals surface area contributed by atoms with E-state index < -0.39 is 10.8 Å². The van der Waals surface area contributed by atoms with Gasteiger partial charge in [0, 0.05) is 14.2 Å². The van der Waals surface area contributed by atoms with Gasteiger partial charge < -0.3 is 18.9 Å². The number of hydrogen-bond acceptors (Lipinski definition) is 6. The molecule has 6 heteroatoms. The highest BCUT2D eigenvalue weighted by molar-refractivity contribution is 5.79. The molecule has 0 aromatic carbocycles. The molecule has 0 spiro atoms. The van der Waals surface area contributed by atoms with Crippen molar-refractivity contribution in [2.24, 2.45) is 58.2 Å². The van der Waals surface area contributed by atoms with Crippen molar-refractivity contribution in [1.29, 1.82) is 0 Å². The van der Waals surface area contributed by atoms with Gasteiger partial charge in [-0.2, -0.15) is 0 Å². The van der Waals surface area contributed by atoms with Crippen molar-refractivity contribution in [2.45, 2.75) is 102 Å². The highest BCUT2D eigenvalue weighted by Gasteiger charge is 2.63. The third-order valence-electron chi connectivity index (χ3n) is 12.6. The molecule has 6 nitrogen and oxygen atoms in total. The third kappa shape index (κ3) is 4.09. The van der Waals surface area contributed by atoms with Gasteiger partial charge in [0.2, 0.25) is 0 Å². The monoisotopic (exact) mass is 528 g/mol. The number of ether oxygens (including phenoxy) is 4. The van der Waals surface area contributed by atoms with Crippen LogP contribution in [0.5, 0.6) is 0 Å². The van der Waals surface area contributed by atoms with E-state index in [2.05, 4.69) is 0 Å². The van der Waals surface area contributed by atoms with Gasteiger partial charge in [0.1, 0.15) is 0 Å². The topological polar surface area (TPSA) is 71.1 Å². The van der Waals surface area contributed by atoms with E-state index in [0.29, 0.717) is 60.6 Å². The van der Waals surface area contributed by atoms with Crippen molar-refractivity contribution in [3.05, 3.63) is 0 Å². The molecule has 9 fully saturated rings. The van der Waals surface area contributed by atoms with Crippen molar-refractivity contribution in [3.8, 4) is 0 Å². The molecule has 212 valence electrons. The zero-order valence-corrected chi connectivity index (χ0v) is 23.5. The van der Waals surface area contributed by atoms with Crippen LogP contribution in [0.25, 0.3) is 0 Å². The molecule has 9 aliphatic carbocycles. The van der Waals surface area contributed by atoms with E-state index in [1.165, 1.54) is 38.5 Å². The Morgan fingerprint density at radius 1 is 0.579 bits per heavy atom. The Bertz CT molecular complexity index is 821. The molecule has 0 heterocycles. The first-order valence-electron chi connectivity index (χ1n) is 15.8. The summed E-state index contributed by atoms with van der Waals surface area (Å²) in [6, 6.07) is 0. The fraction of sp³-hybridized carbons (Fsp3) is 0.938. The Balaban J connectivity index is 0.890. The Morgan fingerprint density at radius 2 is 0.921 bits per heavy atom. The largest absolute Gasteiger partial charge is 0.465 e. The van der Waals surface area contributed by atoms with Gasteiger partial charge >= 0.3 is 11.9 Å². The summed E-state index contributed by atoms with van der Waals surface area (Å²) in [6.45, 7) is 1.07. The van der Waals surface area contributed by atoms with Crippen LogP contribution in [0.3, 0.4) is 0 Å². The molecule has 0 aromatic heterocycles. The van der Waals surface area contributed by atoms with E-state index in [1.807, 2.05) is 0 Å². The Hall–Kier alpha value is -1.14. The normalized spacial score (nSPS) is 50.3. The minimum Gasteiger partial charge on any atom is -0.465 e. The summed E-state index contributed by atoms with van der Waals surface area (Å²) in [7, 11) is 3.57. The maximum absolute atomic E-state index is 13.5. The van der Waals surface area contributed by atoms with Crippen molar-refractivity contribution >= 4 is 11.9 Å². The van der Waals surface area contributed by atoms with Gasteiger partial charge in [-0.1, -0.05) is 0 Å². The molecule has 0 aliphatic heterocycles. The summed E-state index contributed by atoms with van der Waals surface area (Å²) in [6.07, 6.45) is 15.6. The van der Waals surface area contributed by atoms with Crippen LogP contribution in [0.15, 0.2) is 0 Å². The minimum absolute atomic E-state index is 0.0165. The lowest BCUT2D eigenvalue weighted by molar-refractivity contribution is -0.205. The van der Waals surface area contributed by atoms with Crippen LogP contribution in [-0.4, -0.2) is 51.6 Å². The molecule has 9 saturated carbocycles. The standard InChI is InChI=1S/C32H48O6/c1-35-27-25-9-21-7-22(10-25)14-31(27,13-21)29(33)37-17-19-3-5-20(6-4-19)18-38-30(34)32-15-23-8-24(16-32)12-26(11-23)28(32)36-2/h19-28H,3-18H2,1-2H3. The van der Waals surface area contributed by atoms with E-state index in [4.69, 9.17) is 18.9 Å². The highest BCUT2D eigenvalue weighted by Crippen LogP contribution is 2.62. The van der Waals surface area contributed by atoms with Gasteiger partial charge in [0.15, 0.2) is 0 Å². The third-order valence-corrected chi connectivity index (χ3v) is 12.6. The molecule has 8 bridgehead atoms. The van der Waals surface area contributed by atoms with Gasteiger partial charge in [0.05, 0.1) is 36.3 Å². The number of carbonyl (C=O) groups excluding carboxylic acids is 2. The summed E-state index contributed by atoms with van der Waals surface area (Å²) in [5, 5.41) is 0. The first kappa shape index (κ1) is 25.8. The molecule has 0 saturated heterocycles. The second kappa shape index (κ2) is 9.75. The van der Waals surface area contributed by atoms with Crippen LogP contribution in [0.2, 0.25) is 0 Å². The Kier molecular flexibility index (Phi) is 6.62. The molecular weight excluding hydrogens is 480 g/mol. The molecule has 0 N–H and O–H groups in total. The lowest BCUT2D eigenvalue weighted by Gasteiger charge is -2.58. The quantitative estimate of drug-likeness (QED) is 0.384. The lowest BCUT2D eigenvalue weighted by atomic mass is 9.48. The summed E-state index contributed by atoms with van der Waals surface area (Å²) in [5.41, 5.74) is -0.793. The number of esters is 2. The fourth-order valence-electron chi connectivity index (χ4n) is 11.6. The first-order chi connectivity index (χ1) is 18.4. The van der Waals surface area contributed by atoms with Gasteiger partial charge in [-0.05, 0) is 137 Å². The van der Waals surface area contributed by atoms with Crippen molar-refractivity contribution in [1.82, 2.24) is 0 Å². The zero-order chi connectivity index (χ0) is 26.1. The summed E-state index contributed by atoms with van der Waals surface area (Å²) in [5.74, 6) is 4.67. The molecule has 38 heavy (non-hydrogen) atoms. The van der Waals surface area contributed by atoms with E-state index >= 15 is 0 Å². The predicted molar refractivity (Wildman–Crippen MR) is 141 cm³/mol. The molecule has 0 aromatic rings. The predicted octanol–water partition coefficient (Wildman–Crippen LogP) is 5.56. The van der Waals surface area contributed by atoms with Gasteiger partial charge in [-0.25, -0.2) is 0 Å². The van der Waals surface area contributed by atoms with Crippen LogP contribution in [0.4, 0.5) is 0 Å². The zero-order valence-electron chi connectivity index (χ0n) is 23.5. The molecular formula is C32H48O6. The van der Waals surface area contributed by atoms with Gasteiger partial charge in [-0.3, -0.25) is 9.59 Å². The lowest BCUT2D eigenvalue weighted by Crippen LogP contribution is -2.60. The average Bonchev–Trinajstić information content (AvgIpc) is 2.90. The van der Waals surface area contributed by atoms with Crippen LogP contribution < -0.4 is 0 Å². The summed E-state index contributed by atoms with van der Waals surface area (Å²) >= 11 is 0. The van der Waals surface area contributed by atoms with E-state index in [9.17, 15) is 9.59 Å². The molecule has 6 unspecified atom stereocenters. The molecule has 6 atom stereocenters. The van der Waals surface area contributed by atoms with Crippen LogP contribution in [0, 0.1) is 58.2 Å². The molecule has 0 radical (unpaired) electrons. The maximum Gasteiger partial charge on any atom is 0.314 e. The number of methoxy groups -OCH3 is 2. The molecule has 9 rings (SSSR count). The molecule has 9 aliphatic rings. The Labute approximate surface area is 228 Å². The summed E-state index contributed by atoms with van der Waals surface area (Å²) < 4.78 is 24.0. The SMILES string of the molecule is COC1C2CC3CC(C2)CC1(C(=O)OCC1CCC(COC(=O)C24CC5CC(CC(C5)C2OC)C4)CC1)C3. The van der Waals surface area contributed by atoms with Crippen molar-refractivity contribution in [2.75, 3.05) is 27.4 Å². The van der Waals surface area contributed by atoms with Crippen LogP contribution in [0.1, 0.15) is 89.9 Å². The van der Waals surface area contributed by atoms with Gasteiger partial charge in [-0.15, -0.1) is 0 Å². The van der Waals surface area contributed by atoms with Gasteiger partial charge in [0.25, 0.3) is 0 Å². The second-order valence-electron chi connectivity index (χ2n) is 14.9. The first-order valence-corrected chi connectivity index (χ1v) is 15.8. The number of carbonyl (C=O) groups is 2. The smallest absolute Gasteiger partial charge is 0.314 e. The van der Waals surface area contributed by atoms with Crippen molar-refractivity contribution < 1.29 is 28.5 Å². The maximum atomic E-state index is 13.5. The average molecular weight is 529 g/mol. The Morgan fingerprint density at radius 3 is 1.24 bits per heavy atom. The number of hydrogen-bond donors (Lipinski definition) is 0. The number of rotatable bonds is 8. The van der Waals surface area contributed by atoms with E-state index in [-0.39, 0.29) is 24.1 Å². The van der Waals surface area contributed by atoms with E-state index in [0.717, 1.165) is 51.4 Å². The van der Waals surface area contributed by atoms with E-state index in [1.54, 1.807) is 14.2 Å². The van der Waals surface area contributed by atoms with Crippen LogP contribution in [-0.2, 0) is 28.5 Å². The van der Waals surface area contributed by atoms with Crippen molar-refractivity contribution in [3.63, 3.8) is 0 Å². The summed E-state index contributed by atoms with van der Waals surface area (Å²) in [4.78, 5) is 27.0. The minimum atomic E-state index is -0.397. The van der Waals surface area contributed by atoms with Crippen LogP contribution >= 0.6 is 0 Å². The highest BCUT2D eigenvalue weighted by atomic mass is 16.5. The molecule has 0 amide bonds. The second-order valence-corrected chi connectivity index (χ2v) is 14.9.